The summed E-state index contributed by atoms with van der Waals surface area (Å²) in [7, 11) is 0. The second-order valence-corrected chi connectivity index (χ2v) is 4.92. The summed E-state index contributed by atoms with van der Waals surface area (Å²) >= 11 is 0. The van der Waals surface area contributed by atoms with Crippen molar-refractivity contribution in [1.29, 1.82) is 5.41 Å². The Morgan fingerprint density at radius 1 is 1.26 bits per heavy atom. The highest BCUT2D eigenvalue weighted by atomic mass is 16.2. The summed E-state index contributed by atoms with van der Waals surface area (Å²) in [5.41, 5.74) is 7.07. The van der Waals surface area contributed by atoms with Crippen molar-refractivity contribution < 1.29 is 4.79 Å². The average molecular weight is 260 g/mol. The number of benzene rings is 1. The van der Waals surface area contributed by atoms with Crippen LogP contribution < -0.4 is 16.4 Å². The molecule has 1 aliphatic carbocycles. The number of hydrogen-bond donors (Lipinski definition) is 4. The largest absolute Gasteiger partial charge is 0.384 e. The number of carbonyl (C=O) groups excluding carboxylic acids is 1. The highest BCUT2D eigenvalue weighted by Crippen LogP contribution is 2.17. The van der Waals surface area contributed by atoms with Crippen molar-refractivity contribution >= 4 is 11.9 Å². The zero-order valence-electron chi connectivity index (χ0n) is 10.9. The summed E-state index contributed by atoms with van der Waals surface area (Å²) in [5.74, 6) is 0.0542. The number of hydrogen-bond acceptors (Lipinski definition) is 2. The lowest BCUT2D eigenvalue weighted by atomic mass is 10.1. The molecule has 1 aliphatic rings. The molecule has 1 fully saturated rings. The summed E-state index contributed by atoms with van der Waals surface area (Å²) in [5, 5.41) is 13.1. The normalized spacial score (nSPS) is 15.2. The molecule has 0 aromatic heterocycles. The van der Waals surface area contributed by atoms with E-state index in [2.05, 4.69) is 10.6 Å². The highest BCUT2D eigenvalue weighted by molar-refractivity contribution is 5.94. The Kier molecular flexibility index (Phi) is 4.39. The molecular formula is C14H20N4O. The predicted octanol–water partition coefficient (Wildman–Crippen LogP) is 1.71. The van der Waals surface area contributed by atoms with Gasteiger partial charge in [-0.2, -0.15) is 0 Å². The lowest BCUT2D eigenvalue weighted by molar-refractivity contribution is 0.236. The first-order chi connectivity index (χ1) is 9.15. The van der Waals surface area contributed by atoms with Crippen LogP contribution in [-0.2, 0) is 6.54 Å². The molecule has 0 atom stereocenters. The topological polar surface area (TPSA) is 91.0 Å². The zero-order valence-corrected chi connectivity index (χ0v) is 10.9. The lowest BCUT2D eigenvalue weighted by Crippen LogP contribution is -2.40. The summed E-state index contributed by atoms with van der Waals surface area (Å²) in [6.07, 6.45) is 4.58. The quantitative estimate of drug-likeness (QED) is 0.490. The van der Waals surface area contributed by atoms with E-state index in [1.165, 1.54) is 12.8 Å². The van der Waals surface area contributed by atoms with Gasteiger partial charge in [0.2, 0.25) is 0 Å². The maximum atomic E-state index is 11.7. The molecule has 102 valence electrons. The van der Waals surface area contributed by atoms with E-state index in [1.807, 2.05) is 12.1 Å². The molecular weight excluding hydrogens is 240 g/mol. The van der Waals surface area contributed by atoms with Gasteiger partial charge in [-0.15, -0.1) is 0 Å². The van der Waals surface area contributed by atoms with Crippen LogP contribution in [0.1, 0.15) is 36.8 Å². The van der Waals surface area contributed by atoms with E-state index >= 15 is 0 Å². The van der Waals surface area contributed by atoms with Crippen LogP contribution in [0, 0.1) is 5.41 Å². The lowest BCUT2D eigenvalue weighted by Gasteiger charge is -2.13. The van der Waals surface area contributed by atoms with E-state index in [9.17, 15) is 4.79 Å². The van der Waals surface area contributed by atoms with E-state index in [0.29, 0.717) is 18.2 Å². The molecule has 2 amide bonds. The summed E-state index contributed by atoms with van der Waals surface area (Å²) in [6.45, 7) is 0.483. The van der Waals surface area contributed by atoms with Crippen molar-refractivity contribution in [3.8, 4) is 0 Å². The van der Waals surface area contributed by atoms with Gasteiger partial charge in [-0.1, -0.05) is 37.1 Å². The van der Waals surface area contributed by atoms with E-state index < -0.39 is 0 Å². The Morgan fingerprint density at radius 2 is 1.89 bits per heavy atom. The number of carbonyl (C=O) groups is 1. The van der Waals surface area contributed by atoms with Gasteiger partial charge in [-0.25, -0.2) is 4.79 Å². The first-order valence-electron chi connectivity index (χ1n) is 6.63. The fourth-order valence-electron chi connectivity index (χ4n) is 2.29. The van der Waals surface area contributed by atoms with Gasteiger partial charge in [0.05, 0.1) is 0 Å². The molecule has 1 aromatic carbocycles. The van der Waals surface area contributed by atoms with E-state index in [0.717, 1.165) is 18.4 Å². The first-order valence-corrected chi connectivity index (χ1v) is 6.63. The van der Waals surface area contributed by atoms with E-state index in [4.69, 9.17) is 11.1 Å². The SMILES string of the molecule is N=C(N)c1ccc(CNC(=O)NC2CCCC2)cc1. The number of amidine groups is 1. The molecule has 2 rings (SSSR count). The van der Waals surface area contributed by atoms with Gasteiger partial charge < -0.3 is 16.4 Å². The molecule has 0 heterocycles. The maximum Gasteiger partial charge on any atom is 0.315 e. The third-order valence-corrected chi connectivity index (χ3v) is 3.41. The van der Waals surface area contributed by atoms with Gasteiger partial charge in [0.1, 0.15) is 5.84 Å². The Bertz CT molecular complexity index is 449. The Hall–Kier alpha value is -2.04. The van der Waals surface area contributed by atoms with Gasteiger partial charge in [-0.3, -0.25) is 5.41 Å². The molecule has 5 heteroatoms. The number of urea groups is 1. The monoisotopic (exact) mass is 260 g/mol. The second kappa shape index (κ2) is 6.22. The van der Waals surface area contributed by atoms with Crippen LogP contribution in [0.5, 0.6) is 0 Å². The zero-order chi connectivity index (χ0) is 13.7. The van der Waals surface area contributed by atoms with Gasteiger partial charge in [0.25, 0.3) is 0 Å². The van der Waals surface area contributed by atoms with Gasteiger partial charge >= 0.3 is 6.03 Å². The van der Waals surface area contributed by atoms with Gasteiger partial charge in [0, 0.05) is 18.2 Å². The minimum absolute atomic E-state index is 0.0542. The summed E-state index contributed by atoms with van der Waals surface area (Å²) in [6, 6.07) is 7.53. The number of nitrogens with two attached hydrogens (primary N) is 1. The van der Waals surface area contributed by atoms with Crippen LogP contribution in [0.4, 0.5) is 4.79 Å². The maximum absolute atomic E-state index is 11.7. The summed E-state index contributed by atoms with van der Waals surface area (Å²) < 4.78 is 0. The molecule has 1 aromatic rings. The number of rotatable bonds is 4. The molecule has 5 nitrogen and oxygen atoms in total. The Balaban J connectivity index is 1.77. The minimum Gasteiger partial charge on any atom is -0.384 e. The molecule has 0 bridgehead atoms. The average Bonchev–Trinajstić information content (AvgIpc) is 2.89. The van der Waals surface area contributed by atoms with Crippen LogP contribution >= 0.6 is 0 Å². The van der Waals surface area contributed by atoms with Crippen LogP contribution in [-0.4, -0.2) is 17.9 Å². The van der Waals surface area contributed by atoms with Crippen molar-refractivity contribution in [3.05, 3.63) is 35.4 Å². The summed E-state index contributed by atoms with van der Waals surface area (Å²) in [4.78, 5) is 11.7. The smallest absolute Gasteiger partial charge is 0.315 e. The van der Waals surface area contributed by atoms with Crippen molar-refractivity contribution in [3.63, 3.8) is 0 Å². The minimum atomic E-state index is -0.109. The van der Waals surface area contributed by atoms with Crippen molar-refractivity contribution in [2.45, 2.75) is 38.3 Å². The van der Waals surface area contributed by atoms with E-state index in [-0.39, 0.29) is 11.9 Å². The fraction of sp³-hybridized carbons (Fsp3) is 0.429. The van der Waals surface area contributed by atoms with Crippen LogP contribution in [0.15, 0.2) is 24.3 Å². The second-order valence-electron chi connectivity index (χ2n) is 4.92. The standard InChI is InChI=1S/C14H20N4O/c15-13(16)11-7-5-10(6-8-11)9-17-14(19)18-12-3-1-2-4-12/h5-8,12H,1-4,9H2,(H3,15,16)(H2,17,18,19). The molecule has 0 unspecified atom stereocenters. The van der Waals surface area contributed by atoms with Crippen LogP contribution in [0.2, 0.25) is 0 Å². The molecule has 0 spiro atoms. The molecule has 19 heavy (non-hydrogen) atoms. The fourth-order valence-corrected chi connectivity index (χ4v) is 2.29. The first kappa shape index (κ1) is 13.4. The molecule has 0 radical (unpaired) electrons. The van der Waals surface area contributed by atoms with Crippen LogP contribution in [0.25, 0.3) is 0 Å². The van der Waals surface area contributed by atoms with Crippen LogP contribution in [0.3, 0.4) is 0 Å². The Labute approximate surface area is 113 Å². The Morgan fingerprint density at radius 3 is 2.47 bits per heavy atom. The molecule has 5 N–H and O–H groups in total. The number of nitrogens with one attached hydrogen (secondary N) is 3. The van der Waals surface area contributed by atoms with Crippen molar-refractivity contribution in [2.75, 3.05) is 0 Å². The predicted molar refractivity (Wildman–Crippen MR) is 75.1 cm³/mol. The molecule has 0 saturated heterocycles. The van der Waals surface area contributed by atoms with Gasteiger partial charge in [0.15, 0.2) is 0 Å². The van der Waals surface area contributed by atoms with Crippen molar-refractivity contribution in [1.82, 2.24) is 10.6 Å². The van der Waals surface area contributed by atoms with Crippen molar-refractivity contribution in [2.24, 2.45) is 5.73 Å². The molecule has 1 saturated carbocycles. The number of amides is 2. The number of nitrogen functional groups attached to an aromatic ring is 1. The molecule has 0 aliphatic heterocycles. The third-order valence-electron chi connectivity index (χ3n) is 3.41. The van der Waals surface area contributed by atoms with Gasteiger partial charge in [-0.05, 0) is 18.4 Å². The third kappa shape index (κ3) is 3.98. The highest BCUT2D eigenvalue weighted by Gasteiger charge is 2.16. The van der Waals surface area contributed by atoms with E-state index in [1.54, 1.807) is 12.1 Å².